The van der Waals surface area contributed by atoms with Gasteiger partial charge in [-0.2, -0.15) is 5.10 Å². The molecule has 0 aliphatic heterocycles. The summed E-state index contributed by atoms with van der Waals surface area (Å²) in [4.78, 5) is 22.5. The highest BCUT2D eigenvalue weighted by atomic mass is 127. The Hall–Kier alpha value is -3.47. The van der Waals surface area contributed by atoms with Gasteiger partial charge in [0.2, 0.25) is 0 Å². The third kappa shape index (κ3) is 6.03. The van der Waals surface area contributed by atoms with Gasteiger partial charge >= 0.3 is 0 Å². The van der Waals surface area contributed by atoms with E-state index >= 15 is 0 Å². The van der Waals surface area contributed by atoms with Gasteiger partial charge in [-0.3, -0.25) is 14.9 Å². The zero-order chi connectivity index (χ0) is 23.1. The van der Waals surface area contributed by atoms with Crippen molar-refractivity contribution >= 4 is 40.4 Å². The lowest BCUT2D eigenvalue weighted by Gasteiger charge is -2.13. The number of methoxy groups -OCH3 is 1. The Morgan fingerprint density at radius 1 is 1.19 bits per heavy atom. The fourth-order valence-corrected chi connectivity index (χ4v) is 3.57. The molecule has 0 atom stereocenters. The summed E-state index contributed by atoms with van der Waals surface area (Å²) < 4.78 is 12.3. The van der Waals surface area contributed by atoms with Crippen LogP contribution in [0.25, 0.3) is 0 Å². The van der Waals surface area contributed by atoms with Crippen LogP contribution in [0, 0.1) is 20.6 Å². The smallest absolute Gasteiger partial charge is 0.271 e. The highest BCUT2D eigenvalue weighted by Crippen LogP contribution is 2.34. The van der Waals surface area contributed by atoms with Gasteiger partial charge in [-0.1, -0.05) is 35.9 Å². The first-order valence-corrected chi connectivity index (χ1v) is 10.6. The number of nitrogens with one attached hydrogen (secondary N) is 1. The molecule has 0 aliphatic rings. The second kappa shape index (κ2) is 10.7. The maximum absolute atomic E-state index is 12.2. The molecule has 9 heteroatoms. The molecule has 1 amide bonds. The quantitative estimate of drug-likeness (QED) is 0.189. The predicted molar refractivity (Wildman–Crippen MR) is 129 cm³/mol. The molecule has 32 heavy (non-hydrogen) atoms. The number of hydrazone groups is 1. The number of non-ortho nitro benzene ring substituents is 1. The summed E-state index contributed by atoms with van der Waals surface area (Å²) in [7, 11) is 1.55. The number of nitrogens with zero attached hydrogens (tertiary/aromatic N) is 2. The minimum atomic E-state index is -0.559. The molecule has 0 aliphatic carbocycles. The zero-order valence-electron chi connectivity index (χ0n) is 17.4. The zero-order valence-corrected chi connectivity index (χ0v) is 19.5. The average Bonchev–Trinajstić information content (AvgIpc) is 2.79. The molecule has 0 spiro atoms. The number of rotatable bonds is 8. The van der Waals surface area contributed by atoms with Crippen LogP contribution in [0.4, 0.5) is 5.69 Å². The maximum Gasteiger partial charge on any atom is 0.271 e. The summed E-state index contributed by atoms with van der Waals surface area (Å²) in [6.45, 7) is 2.43. The molecule has 0 saturated carbocycles. The first-order valence-electron chi connectivity index (χ1n) is 9.51. The van der Waals surface area contributed by atoms with Crippen LogP contribution in [0.15, 0.2) is 65.8 Å². The lowest BCUT2D eigenvalue weighted by atomic mass is 10.2. The molecular formula is C23H20IN3O5. The van der Waals surface area contributed by atoms with E-state index in [2.05, 4.69) is 33.1 Å². The van der Waals surface area contributed by atoms with Crippen LogP contribution in [-0.2, 0) is 6.61 Å². The number of ether oxygens (including phenoxy) is 2. The fourth-order valence-electron chi connectivity index (χ4n) is 2.78. The van der Waals surface area contributed by atoms with Gasteiger partial charge in [0.25, 0.3) is 11.6 Å². The Morgan fingerprint density at radius 2 is 1.94 bits per heavy atom. The van der Waals surface area contributed by atoms with Crippen LogP contribution < -0.4 is 14.9 Å². The maximum atomic E-state index is 12.2. The molecule has 0 fully saturated rings. The molecule has 0 saturated heterocycles. The largest absolute Gasteiger partial charge is 0.493 e. The van der Waals surface area contributed by atoms with Crippen LogP contribution in [0.1, 0.15) is 27.0 Å². The van der Waals surface area contributed by atoms with Crippen LogP contribution in [0.3, 0.4) is 0 Å². The minimum Gasteiger partial charge on any atom is -0.493 e. The van der Waals surface area contributed by atoms with E-state index in [1.165, 1.54) is 36.0 Å². The minimum absolute atomic E-state index is 0.142. The van der Waals surface area contributed by atoms with Crippen molar-refractivity contribution in [1.29, 1.82) is 0 Å². The predicted octanol–water partition coefficient (Wildman–Crippen LogP) is 4.86. The lowest BCUT2D eigenvalue weighted by Crippen LogP contribution is -2.17. The molecule has 3 aromatic rings. The molecule has 8 nitrogen and oxygen atoms in total. The number of nitro benzene ring substituents is 1. The number of carbonyl (C=O) groups is 1. The van der Waals surface area contributed by atoms with E-state index < -0.39 is 10.8 Å². The second-order valence-corrected chi connectivity index (χ2v) is 7.98. The third-order valence-electron chi connectivity index (χ3n) is 4.45. The molecular weight excluding hydrogens is 525 g/mol. The molecule has 1 N–H and O–H groups in total. The fraction of sp³-hybridized carbons (Fsp3) is 0.130. The van der Waals surface area contributed by atoms with Crippen molar-refractivity contribution in [1.82, 2.24) is 5.43 Å². The standard InChI is InChI=1S/C23H20IN3O5/c1-15-6-8-16(9-7-15)14-32-22-20(24)10-17(11-21(22)31-2)13-25-26-23(28)18-4-3-5-19(12-18)27(29)30/h3-13H,14H2,1-2H3,(H,26,28)/b25-13-. The summed E-state index contributed by atoms with van der Waals surface area (Å²) in [6.07, 6.45) is 1.46. The first kappa shape index (κ1) is 23.2. The first-order chi connectivity index (χ1) is 15.4. The van der Waals surface area contributed by atoms with Gasteiger partial charge in [-0.05, 0) is 58.8 Å². The number of halogens is 1. The van der Waals surface area contributed by atoms with Crippen LogP contribution in [0.2, 0.25) is 0 Å². The van der Waals surface area contributed by atoms with E-state index in [4.69, 9.17) is 9.47 Å². The Kier molecular flexibility index (Phi) is 7.77. The molecule has 0 bridgehead atoms. The summed E-state index contributed by atoms with van der Waals surface area (Å²) in [5, 5.41) is 14.8. The van der Waals surface area contributed by atoms with Gasteiger partial charge in [0.1, 0.15) is 6.61 Å². The number of amides is 1. The molecule has 0 heterocycles. The normalized spacial score (nSPS) is 10.7. The summed E-state index contributed by atoms with van der Waals surface area (Å²) in [5.41, 5.74) is 5.26. The summed E-state index contributed by atoms with van der Waals surface area (Å²) in [6, 6.07) is 17.1. The van der Waals surface area contributed by atoms with Crippen molar-refractivity contribution in [2.75, 3.05) is 7.11 Å². The number of carbonyl (C=O) groups excluding carboxylic acids is 1. The number of hydrogen-bond donors (Lipinski definition) is 1. The Morgan fingerprint density at radius 3 is 2.62 bits per heavy atom. The van der Waals surface area contributed by atoms with Crippen LogP contribution in [0.5, 0.6) is 11.5 Å². The van der Waals surface area contributed by atoms with Gasteiger partial charge < -0.3 is 9.47 Å². The van der Waals surface area contributed by atoms with Gasteiger partial charge in [0, 0.05) is 17.7 Å². The topological polar surface area (TPSA) is 103 Å². The summed E-state index contributed by atoms with van der Waals surface area (Å²) >= 11 is 2.15. The summed E-state index contributed by atoms with van der Waals surface area (Å²) in [5.74, 6) is 0.603. The van der Waals surface area contributed by atoms with Gasteiger partial charge in [0.15, 0.2) is 11.5 Å². The molecule has 164 valence electrons. The SMILES string of the molecule is COc1cc(/C=N\NC(=O)c2cccc([N+](=O)[O-])c2)cc(I)c1OCc1ccc(C)cc1. The number of aryl methyl sites for hydroxylation is 1. The molecule has 3 rings (SSSR count). The Balaban J connectivity index is 1.69. The molecule has 0 radical (unpaired) electrons. The van der Waals surface area contributed by atoms with E-state index in [0.29, 0.717) is 23.7 Å². The van der Waals surface area contributed by atoms with E-state index in [0.717, 1.165) is 9.13 Å². The van der Waals surface area contributed by atoms with Crippen molar-refractivity contribution in [3.63, 3.8) is 0 Å². The van der Waals surface area contributed by atoms with Crippen LogP contribution in [-0.4, -0.2) is 24.2 Å². The highest BCUT2D eigenvalue weighted by Gasteiger charge is 2.13. The van der Waals surface area contributed by atoms with E-state index in [-0.39, 0.29) is 11.3 Å². The number of nitro groups is 1. The van der Waals surface area contributed by atoms with Gasteiger partial charge in [-0.15, -0.1) is 0 Å². The monoisotopic (exact) mass is 545 g/mol. The molecule has 0 aromatic heterocycles. The van der Waals surface area contributed by atoms with Crippen molar-refractivity contribution < 1.29 is 19.2 Å². The van der Waals surface area contributed by atoms with E-state index in [1.807, 2.05) is 37.3 Å². The van der Waals surface area contributed by atoms with Gasteiger partial charge in [-0.25, -0.2) is 5.43 Å². The Labute approximate surface area is 198 Å². The van der Waals surface area contributed by atoms with Crippen molar-refractivity contribution in [3.05, 3.63) is 96.6 Å². The van der Waals surface area contributed by atoms with Crippen LogP contribution >= 0.6 is 22.6 Å². The molecule has 3 aromatic carbocycles. The number of hydrogen-bond acceptors (Lipinski definition) is 6. The molecule has 0 unspecified atom stereocenters. The Bertz CT molecular complexity index is 1160. The highest BCUT2D eigenvalue weighted by molar-refractivity contribution is 14.1. The van der Waals surface area contributed by atoms with E-state index in [9.17, 15) is 14.9 Å². The van der Waals surface area contributed by atoms with E-state index in [1.54, 1.807) is 13.2 Å². The lowest BCUT2D eigenvalue weighted by molar-refractivity contribution is -0.384. The second-order valence-electron chi connectivity index (χ2n) is 6.81. The third-order valence-corrected chi connectivity index (χ3v) is 5.26. The van der Waals surface area contributed by atoms with Crippen molar-refractivity contribution in [3.8, 4) is 11.5 Å². The van der Waals surface area contributed by atoms with Crippen molar-refractivity contribution in [2.24, 2.45) is 5.10 Å². The van der Waals surface area contributed by atoms with Crippen molar-refractivity contribution in [2.45, 2.75) is 13.5 Å². The average molecular weight is 545 g/mol. The number of benzene rings is 3. The van der Waals surface area contributed by atoms with Gasteiger partial charge in [0.05, 0.1) is 21.8 Å².